The van der Waals surface area contributed by atoms with Gasteiger partial charge in [0.2, 0.25) is 5.91 Å². The molecule has 2 saturated heterocycles. The zero-order valence-corrected chi connectivity index (χ0v) is 16.9. The number of urea groups is 1. The number of piperidine rings is 2. The lowest BCUT2D eigenvalue weighted by Gasteiger charge is -2.47. The van der Waals surface area contributed by atoms with Crippen molar-refractivity contribution in [3.63, 3.8) is 0 Å². The van der Waals surface area contributed by atoms with Gasteiger partial charge in [0.05, 0.1) is 6.33 Å². The second-order valence-electron chi connectivity index (χ2n) is 9.14. The highest BCUT2D eigenvalue weighted by Gasteiger charge is 2.41. The van der Waals surface area contributed by atoms with Crippen LogP contribution in [-0.2, 0) is 11.3 Å². The van der Waals surface area contributed by atoms with E-state index in [1.54, 1.807) is 6.20 Å². The number of amides is 3. The standard InChI is InChI=1S/C20H33N5O2/c1-19(2,3)22-18(27)24-12-7-20(8-13-24)6-5-17(26)25(15-20)11-4-10-23-14-9-21-16-23/h9,14,16H,4-8,10-13,15H2,1-3H3,(H,22,27). The summed E-state index contributed by atoms with van der Waals surface area (Å²) < 4.78 is 2.05. The highest BCUT2D eigenvalue weighted by molar-refractivity contribution is 5.77. The topological polar surface area (TPSA) is 70.5 Å². The van der Waals surface area contributed by atoms with Crippen molar-refractivity contribution in [1.82, 2.24) is 24.7 Å². The SMILES string of the molecule is CC(C)(C)NC(=O)N1CCC2(CCC(=O)N(CCCn3ccnc3)C2)CC1. The molecule has 3 heterocycles. The predicted octanol–water partition coefficient (Wildman–Crippen LogP) is 2.49. The lowest BCUT2D eigenvalue weighted by molar-refractivity contribution is -0.139. The van der Waals surface area contributed by atoms with Crippen LogP contribution in [0.1, 0.15) is 52.9 Å². The van der Waals surface area contributed by atoms with Crippen molar-refractivity contribution >= 4 is 11.9 Å². The Kier molecular flexibility index (Phi) is 5.77. The van der Waals surface area contributed by atoms with E-state index in [-0.39, 0.29) is 22.9 Å². The average Bonchev–Trinajstić information content (AvgIpc) is 3.11. The molecule has 1 spiro atoms. The van der Waals surface area contributed by atoms with E-state index in [9.17, 15) is 9.59 Å². The molecule has 0 bridgehead atoms. The lowest BCUT2D eigenvalue weighted by Crippen LogP contribution is -2.55. The fraction of sp³-hybridized carbons (Fsp3) is 0.750. The van der Waals surface area contributed by atoms with Crippen LogP contribution in [0, 0.1) is 5.41 Å². The molecule has 7 nitrogen and oxygen atoms in total. The van der Waals surface area contributed by atoms with Gasteiger partial charge in [-0.3, -0.25) is 4.79 Å². The molecule has 2 aliphatic rings. The number of likely N-dealkylation sites (tertiary alicyclic amines) is 2. The van der Waals surface area contributed by atoms with Crippen LogP contribution >= 0.6 is 0 Å². The maximum absolute atomic E-state index is 12.4. The number of hydrogen-bond donors (Lipinski definition) is 1. The van der Waals surface area contributed by atoms with Crippen LogP contribution in [-0.4, -0.2) is 63.0 Å². The van der Waals surface area contributed by atoms with Gasteiger partial charge in [-0.05, 0) is 51.9 Å². The minimum atomic E-state index is -0.213. The fourth-order valence-corrected chi connectivity index (χ4v) is 4.16. The largest absolute Gasteiger partial charge is 0.342 e. The van der Waals surface area contributed by atoms with Crippen LogP contribution < -0.4 is 5.32 Å². The zero-order chi connectivity index (χ0) is 19.5. The number of rotatable bonds is 4. The van der Waals surface area contributed by atoms with Crippen molar-refractivity contribution in [1.29, 1.82) is 0 Å². The highest BCUT2D eigenvalue weighted by Crippen LogP contribution is 2.40. The number of aromatic nitrogens is 2. The number of hydrogen-bond acceptors (Lipinski definition) is 3. The summed E-state index contributed by atoms with van der Waals surface area (Å²) in [5.74, 6) is 0.277. The van der Waals surface area contributed by atoms with Crippen LogP contribution in [0.4, 0.5) is 4.79 Å². The summed E-state index contributed by atoms with van der Waals surface area (Å²) in [6, 6.07) is 0.0291. The van der Waals surface area contributed by atoms with Crippen molar-refractivity contribution in [2.75, 3.05) is 26.2 Å². The van der Waals surface area contributed by atoms with E-state index < -0.39 is 0 Å². The summed E-state index contributed by atoms with van der Waals surface area (Å²) in [4.78, 5) is 32.8. The number of nitrogens with one attached hydrogen (secondary N) is 1. The molecule has 27 heavy (non-hydrogen) atoms. The number of aryl methyl sites for hydroxylation is 1. The minimum absolute atomic E-state index is 0.0291. The normalized spacial score (nSPS) is 20.2. The number of imidazole rings is 1. The second-order valence-corrected chi connectivity index (χ2v) is 9.14. The molecule has 1 aromatic heterocycles. The van der Waals surface area contributed by atoms with E-state index in [1.807, 2.05) is 43.1 Å². The summed E-state index contributed by atoms with van der Waals surface area (Å²) in [7, 11) is 0. The maximum Gasteiger partial charge on any atom is 0.317 e. The van der Waals surface area contributed by atoms with Crippen LogP contribution in [0.5, 0.6) is 0 Å². The Balaban J connectivity index is 1.50. The Morgan fingerprint density at radius 3 is 2.59 bits per heavy atom. The summed E-state index contributed by atoms with van der Waals surface area (Å²) >= 11 is 0. The Bertz CT molecular complexity index is 642. The van der Waals surface area contributed by atoms with Gasteiger partial charge in [-0.25, -0.2) is 9.78 Å². The van der Waals surface area contributed by atoms with Gasteiger partial charge in [0, 0.05) is 57.1 Å². The molecule has 1 aromatic rings. The van der Waals surface area contributed by atoms with Crippen LogP contribution in [0.25, 0.3) is 0 Å². The Morgan fingerprint density at radius 1 is 1.22 bits per heavy atom. The smallest absolute Gasteiger partial charge is 0.317 e. The summed E-state index contributed by atoms with van der Waals surface area (Å²) in [5, 5.41) is 3.05. The van der Waals surface area contributed by atoms with Gasteiger partial charge in [-0.2, -0.15) is 0 Å². The van der Waals surface area contributed by atoms with Crippen LogP contribution in [0.15, 0.2) is 18.7 Å². The Morgan fingerprint density at radius 2 is 1.96 bits per heavy atom. The molecule has 0 radical (unpaired) electrons. The van der Waals surface area contributed by atoms with Gasteiger partial charge in [0.15, 0.2) is 0 Å². The number of nitrogens with zero attached hydrogens (tertiary/aromatic N) is 4. The van der Waals surface area contributed by atoms with E-state index in [0.29, 0.717) is 6.42 Å². The van der Waals surface area contributed by atoms with Gasteiger partial charge in [-0.15, -0.1) is 0 Å². The van der Waals surface area contributed by atoms with Crippen molar-refractivity contribution in [2.45, 2.75) is 65.0 Å². The Labute approximate surface area is 162 Å². The molecule has 7 heteroatoms. The minimum Gasteiger partial charge on any atom is -0.342 e. The first-order chi connectivity index (χ1) is 12.8. The monoisotopic (exact) mass is 375 g/mol. The fourth-order valence-electron chi connectivity index (χ4n) is 4.16. The van der Waals surface area contributed by atoms with Crippen molar-refractivity contribution in [3.8, 4) is 0 Å². The van der Waals surface area contributed by atoms with E-state index in [4.69, 9.17) is 0 Å². The second kappa shape index (κ2) is 7.90. The Hall–Kier alpha value is -2.05. The van der Waals surface area contributed by atoms with Gasteiger partial charge in [0.25, 0.3) is 0 Å². The third-order valence-electron chi connectivity index (χ3n) is 5.74. The molecular formula is C20H33N5O2. The van der Waals surface area contributed by atoms with E-state index in [1.165, 1.54) is 0 Å². The molecule has 0 aliphatic carbocycles. The van der Waals surface area contributed by atoms with E-state index in [2.05, 4.69) is 14.9 Å². The maximum atomic E-state index is 12.4. The summed E-state index contributed by atoms with van der Waals surface area (Å²) in [6.07, 6.45) is 10.1. The summed E-state index contributed by atoms with van der Waals surface area (Å²) in [6.45, 7) is 10.1. The van der Waals surface area contributed by atoms with Gasteiger partial charge >= 0.3 is 6.03 Å². The van der Waals surface area contributed by atoms with Crippen LogP contribution in [0.3, 0.4) is 0 Å². The lowest BCUT2D eigenvalue weighted by atomic mass is 9.72. The first-order valence-electron chi connectivity index (χ1n) is 10.1. The summed E-state index contributed by atoms with van der Waals surface area (Å²) in [5.41, 5.74) is -0.0308. The average molecular weight is 376 g/mol. The number of carbonyl (C=O) groups is 2. The molecule has 2 fully saturated rings. The third kappa shape index (κ3) is 5.23. The molecule has 150 valence electrons. The molecule has 2 aliphatic heterocycles. The molecule has 3 rings (SSSR count). The van der Waals surface area contributed by atoms with Crippen molar-refractivity contribution < 1.29 is 9.59 Å². The highest BCUT2D eigenvalue weighted by atomic mass is 16.2. The molecule has 0 aromatic carbocycles. The van der Waals surface area contributed by atoms with Crippen LogP contribution in [0.2, 0.25) is 0 Å². The molecule has 0 unspecified atom stereocenters. The molecule has 1 N–H and O–H groups in total. The molecule has 3 amide bonds. The molecule has 0 saturated carbocycles. The van der Waals surface area contributed by atoms with Crippen molar-refractivity contribution in [2.24, 2.45) is 5.41 Å². The van der Waals surface area contributed by atoms with Gasteiger partial charge in [0.1, 0.15) is 0 Å². The zero-order valence-electron chi connectivity index (χ0n) is 16.9. The van der Waals surface area contributed by atoms with E-state index >= 15 is 0 Å². The molecule has 0 atom stereocenters. The van der Waals surface area contributed by atoms with Gasteiger partial charge in [-0.1, -0.05) is 0 Å². The number of carbonyl (C=O) groups excluding carboxylic acids is 2. The third-order valence-corrected chi connectivity index (χ3v) is 5.74. The quantitative estimate of drug-likeness (QED) is 0.879. The molecular weight excluding hydrogens is 342 g/mol. The first-order valence-corrected chi connectivity index (χ1v) is 10.1. The van der Waals surface area contributed by atoms with E-state index in [0.717, 1.165) is 58.4 Å². The van der Waals surface area contributed by atoms with Gasteiger partial charge < -0.3 is 19.7 Å². The first kappa shape index (κ1) is 19.7. The predicted molar refractivity (Wildman–Crippen MR) is 104 cm³/mol. The van der Waals surface area contributed by atoms with Crippen molar-refractivity contribution in [3.05, 3.63) is 18.7 Å².